The van der Waals surface area contributed by atoms with Crippen LogP contribution in [0.2, 0.25) is 0 Å². The van der Waals surface area contributed by atoms with Gasteiger partial charge in [-0.05, 0) is 51.4 Å². The molecule has 61 heavy (non-hydrogen) atoms. The van der Waals surface area contributed by atoms with Crippen LogP contribution in [0.5, 0.6) is 0 Å². The van der Waals surface area contributed by atoms with Crippen LogP contribution >= 0.6 is 0 Å². The zero-order chi connectivity index (χ0) is 44.4. The molecule has 1 aliphatic rings. The Morgan fingerprint density at radius 3 is 1.46 bits per heavy atom. The van der Waals surface area contributed by atoms with Crippen molar-refractivity contribution in [1.29, 1.82) is 0 Å². The van der Waals surface area contributed by atoms with Gasteiger partial charge in [-0.3, -0.25) is 4.79 Å². The SMILES string of the molecule is CCC/C=C/C(O)C(COC1OC(CO)C(O)C(O)C1O)NC(=O)CCCCCCCCCCCCCCCCCCCCCC/C=C\C/C=C\C/C=C\CCCCCCC. The van der Waals surface area contributed by atoms with Gasteiger partial charge in [0, 0.05) is 6.42 Å². The number of hydrogen-bond donors (Lipinski definition) is 6. The fraction of sp³-hybridized carbons (Fsp3) is 0.827. The standard InChI is InChI=1S/C52H95NO8/c1-3-5-7-8-9-10-11-12-13-14-15-16-17-18-19-20-21-22-23-24-25-26-27-28-29-30-31-32-33-34-35-36-37-38-40-42-48(56)53-45(46(55)41-39-6-4-2)44-60-52-51(59)50(58)49(57)47(43-54)61-52/h11-12,14-15,17-18,39,41,45-47,49-52,54-55,57-59H,3-10,13,16,19-38,40,42-44H2,1-2H3,(H,53,56)/b12-11-,15-14-,18-17-,41-39+. The van der Waals surface area contributed by atoms with Crippen molar-refractivity contribution in [1.82, 2.24) is 5.32 Å². The molecule has 1 aliphatic heterocycles. The monoisotopic (exact) mass is 862 g/mol. The van der Waals surface area contributed by atoms with Crippen LogP contribution in [0.1, 0.15) is 219 Å². The summed E-state index contributed by atoms with van der Waals surface area (Å²) in [4.78, 5) is 12.8. The maximum absolute atomic E-state index is 12.8. The highest BCUT2D eigenvalue weighted by Crippen LogP contribution is 2.23. The minimum absolute atomic E-state index is 0.188. The highest BCUT2D eigenvalue weighted by molar-refractivity contribution is 5.76. The number of amides is 1. The first kappa shape index (κ1) is 57.2. The molecule has 356 valence electrons. The summed E-state index contributed by atoms with van der Waals surface area (Å²) in [6.45, 7) is 3.54. The lowest BCUT2D eigenvalue weighted by atomic mass is 9.99. The molecule has 0 aromatic carbocycles. The Kier molecular flexibility index (Phi) is 39.5. The first-order valence-electron chi connectivity index (χ1n) is 25.4. The predicted molar refractivity (Wildman–Crippen MR) is 253 cm³/mol. The number of allylic oxidation sites excluding steroid dienone is 7. The molecule has 0 saturated carbocycles. The molecule has 1 fully saturated rings. The van der Waals surface area contributed by atoms with E-state index in [1.165, 1.54) is 154 Å². The van der Waals surface area contributed by atoms with Gasteiger partial charge in [-0.15, -0.1) is 0 Å². The third-order valence-corrected chi connectivity index (χ3v) is 11.9. The Bertz CT molecular complexity index is 1090. The van der Waals surface area contributed by atoms with Gasteiger partial charge < -0.3 is 40.3 Å². The Morgan fingerprint density at radius 2 is 1.00 bits per heavy atom. The first-order valence-corrected chi connectivity index (χ1v) is 25.4. The maximum atomic E-state index is 12.8. The molecule has 1 rings (SSSR count). The summed E-state index contributed by atoms with van der Waals surface area (Å²) in [6.07, 6.45) is 48.7. The topological polar surface area (TPSA) is 149 Å². The van der Waals surface area contributed by atoms with Crippen LogP contribution in [0.3, 0.4) is 0 Å². The van der Waals surface area contributed by atoms with E-state index in [-0.39, 0.29) is 12.5 Å². The molecule has 0 aromatic rings. The molecule has 9 heteroatoms. The lowest BCUT2D eigenvalue weighted by Crippen LogP contribution is -2.60. The van der Waals surface area contributed by atoms with Crippen molar-refractivity contribution in [2.45, 2.75) is 262 Å². The molecule has 7 atom stereocenters. The number of carbonyl (C=O) groups excluding carboxylic acids is 1. The largest absolute Gasteiger partial charge is 0.394 e. The second-order valence-electron chi connectivity index (χ2n) is 17.6. The summed E-state index contributed by atoms with van der Waals surface area (Å²) in [6, 6.07) is -0.799. The molecule has 1 amide bonds. The van der Waals surface area contributed by atoms with Gasteiger partial charge in [0.2, 0.25) is 5.91 Å². The van der Waals surface area contributed by atoms with Gasteiger partial charge in [-0.25, -0.2) is 0 Å². The Hall–Kier alpha value is -1.85. The molecule has 0 bridgehead atoms. The van der Waals surface area contributed by atoms with E-state index < -0.39 is 49.5 Å². The van der Waals surface area contributed by atoms with Gasteiger partial charge >= 0.3 is 0 Å². The lowest BCUT2D eigenvalue weighted by molar-refractivity contribution is -0.302. The number of carbonyl (C=O) groups is 1. The van der Waals surface area contributed by atoms with Crippen LogP contribution in [-0.4, -0.2) is 87.5 Å². The predicted octanol–water partition coefficient (Wildman–Crippen LogP) is 11.4. The molecular formula is C52H95NO8. The fourth-order valence-corrected chi connectivity index (χ4v) is 7.82. The van der Waals surface area contributed by atoms with Crippen molar-refractivity contribution in [3.05, 3.63) is 48.6 Å². The van der Waals surface area contributed by atoms with Crippen LogP contribution in [0.4, 0.5) is 0 Å². The van der Waals surface area contributed by atoms with Crippen molar-refractivity contribution in [2.75, 3.05) is 13.2 Å². The van der Waals surface area contributed by atoms with Crippen LogP contribution in [-0.2, 0) is 14.3 Å². The average molecular weight is 862 g/mol. The molecule has 1 heterocycles. The van der Waals surface area contributed by atoms with E-state index in [1.807, 2.05) is 13.0 Å². The van der Waals surface area contributed by atoms with Crippen LogP contribution in [0.25, 0.3) is 0 Å². The maximum Gasteiger partial charge on any atom is 0.220 e. The van der Waals surface area contributed by atoms with Crippen molar-refractivity contribution >= 4 is 5.91 Å². The quantitative estimate of drug-likeness (QED) is 0.0262. The van der Waals surface area contributed by atoms with Gasteiger partial charge in [0.25, 0.3) is 0 Å². The second kappa shape index (κ2) is 42.1. The fourth-order valence-electron chi connectivity index (χ4n) is 7.82. The normalized spacial score (nSPS) is 20.8. The molecule has 0 aliphatic carbocycles. The second-order valence-corrected chi connectivity index (χ2v) is 17.6. The van der Waals surface area contributed by atoms with Crippen molar-refractivity contribution < 1.29 is 39.8 Å². The number of ether oxygens (including phenoxy) is 2. The Morgan fingerprint density at radius 1 is 0.557 bits per heavy atom. The Balaban J connectivity index is 1.95. The average Bonchev–Trinajstić information content (AvgIpc) is 3.26. The first-order chi connectivity index (χ1) is 29.8. The van der Waals surface area contributed by atoms with Gasteiger partial charge in [0.15, 0.2) is 6.29 Å². The summed E-state index contributed by atoms with van der Waals surface area (Å²) >= 11 is 0. The molecule has 7 unspecified atom stereocenters. The highest BCUT2D eigenvalue weighted by atomic mass is 16.7. The summed E-state index contributed by atoms with van der Waals surface area (Å²) in [7, 11) is 0. The number of aliphatic hydroxyl groups excluding tert-OH is 5. The molecule has 9 nitrogen and oxygen atoms in total. The number of nitrogens with one attached hydrogen (secondary N) is 1. The van der Waals surface area contributed by atoms with E-state index >= 15 is 0 Å². The Labute approximate surface area is 373 Å². The van der Waals surface area contributed by atoms with Gasteiger partial charge in [-0.2, -0.15) is 0 Å². The third-order valence-electron chi connectivity index (χ3n) is 11.9. The number of aliphatic hydroxyl groups is 5. The van der Waals surface area contributed by atoms with E-state index in [1.54, 1.807) is 6.08 Å². The summed E-state index contributed by atoms with van der Waals surface area (Å²) < 4.78 is 11.1. The minimum Gasteiger partial charge on any atom is -0.394 e. The summed E-state index contributed by atoms with van der Waals surface area (Å²) in [5.74, 6) is -0.188. The molecule has 1 saturated heterocycles. The summed E-state index contributed by atoms with van der Waals surface area (Å²) in [5.41, 5.74) is 0. The van der Waals surface area contributed by atoms with Crippen LogP contribution < -0.4 is 5.32 Å². The van der Waals surface area contributed by atoms with Gasteiger partial charge in [-0.1, -0.05) is 210 Å². The van der Waals surface area contributed by atoms with Crippen LogP contribution in [0.15, 0.2) is 48.6 Å². The highest BCUT2D eigenvalue weighted by Gasteiger charge is 2.44. The summed E-state index contributed by atoms with van der Waals surface area (Å²) in [5, 5.41) is 53.4. The minimum atomic E-state index is -1.56. The van der Waals surface area contributed by atoms with Crippen molar-refractivity contribution in [2.24, 2.45) is 0 Å². The molecule has 6 N–H and O–H groups in total. The lowest BCUT2D eigenvalue weighted by Gasteiger charge is -2.40. The molecular weight excluding hydrogens is 767 g/mol. The smallest absolute Gasteiger partial charge is 0.220 e. The van der Waals surface area contributed by atoms with Crippen molar-refractivity contribution in [3.63, 3.8) is 0 Å². The van der Waals surface area contributed by atoms with E-state index in [0.29, 0.717) is 6.42 Å². The van der Waals surface area contributed by atoms with E-state index in [4.69, 9.17) is 9.47 Å². The molecule has 0 radical (unpaired) electrons. The number of unbranched alkanes of at least 4 members (excludes halogenated alkanes) is 26. The number of rotatable bonds is 42. The number of hydrogen-bond acceptors (Lipinski definition) is 8. The van der Waals surface area contributed by atoms with Gasteiger partial charge in [0.05, 0.1) is 25.4 Å². The van der Waals surface area contributed by atoms with E-state index in [0.717, 1.165) is 44.9 Å². The van der Waals surface area contributed by atoms with Crippen LogP contribution in [0, 0.1) is 0 Å². The van der Waals surface area contributed by atoms with Crippen molar-refractivity contribution in [3.8, 4) is 0 Å². The molecule has 0 aromatic heterocycles. The van der Waals surface area contributed by atoms with Gasteiger partial charge in [0.1, 0.15) is 24.4 Å². The van der Waals surface area contributed by atoms with E-state index in [2.05, 4.69) is 48.7 Å². The zero-order valence-corrected chi connectivity index (χ0v) is 39.2. The third kappa shape index (κ3) is 32.5. The molecule has 0 spiro atoms. The zero-order valence-electron chi connectivity index (χ0n) is 39.2. The van der Waals surface area contributed by atoms with E-state index in [9.17, 15) is 30.3 Å².